The largest absolute Gasteiger partial charge is 0.459 e. The van der Waals surface area contributed by atoms with E-state index in [2.05, 4.69) is 12.6 Å². The third-order valence-corrected chi connectivity index (χ3v) is 2.81. The van der Waals surface area contributed by atoms with Crippen LogP contribution in [0, 0.1) is 10.8 Å². The summed E-state index contributed by atoms with van der Waals surface area (Å²) in [6.07, 6.45) is -0.338. The van der Waals surface area contributed by atoms with E-state index in [1.165, 1.54) is 0 Å². The average molecular weight is 247 g/mol. The van der Waals surface area contributed by atoms with E-state index in [4.69, 9.17) is 10.5 Å². The average Bonchev–Trinajstić information content (AvgIpc) is 2.09. The van der Waals surface area contributed by atoms with Gasteiger partial charge in [0.1, 0.15) is 6.10 Å². The van der Waals surface area contributed by atoms with Gasteiger partial charge in [0, 0.05) is 11.8 Å². The smallest absolute Gasteiger partial charge is 0.311 e. The van der Waals surface area contributed by atoms with Crippen molar-refractivity contribution in [3.05, 3.63) is 0 Å². The Hall–Kier alpha value is -0.220. The van der Waals surface area contributed by atoms with Gasteiger partial charge < -0.3 is 10.5 Å². The number of carbonyl (C=O) groups is 1. The summed E-state index contributed by atoms with van der Waals surface area (Å²) < 4.78 is 5.41. The van der Waals surface area contributed by atoms with Crippen molar-refractivity contribution < 1.29 is 9.53 Å². The summed E-state index contributed by atoms with van der Waals surface area (Å²) in [7, 11) is 0. The third kappa shape index (κ3) is 4.74. The zero-order chi connectivity index (χ0) is 13.1. The molecule has 0 aliphatic rings. The first-order chi connectivity index (χ1) is 7.00. The first-order valence-electron chi connectivity index (χ1n) is 5.57. The topological polar surface area (TPSA) is 52.3 Å². The van der Waals surface area contributed by atoms with Crippen LogP contribution in [0.3, 0.4) is 0 Å². The van der Waals surface area contributed by atoms with Gasteiger partial charge in [0.15, 0.2) is 0 Å². The van der Waals surface area contributed by atoms with Crippen LogP contribution in [0.1, 0.15) is 41.5 Å². The number of ether oxygens (including phenoxy) is 1. The van der Waals surface area contributed by atoms with E-state index in [1.54, 1.807) is 0 Å². The Balaban J connectivity index is 4.61. The first kappa shape index (κ1) is 15.8. The molecule has 3 nitrogen and oxygen atoms in total. The molecule has 0 rings (SSSR count). The van der Waals surface area contributed by atoms with E-state index in [1.807, 2.05) is 41.5 Å². The quantitative estimate of drug-likeness (QED) is 0.594. The van der Waals surface area contributed by atoms with Gasteiger partial charge >= 0.3 is 5.97 Å². The van der Waals surface area contributed by atoms with Gasteiger partial charge in [-0.05, 0) is 26.2 Å². The molecule has 0 heterocycles. The lowest BCUT2D eigenvalue weighted by molar-refractivity contribution is -0.159. The molecular weight excluding hydrogens is 222 g/mol. The van der Waals surface area contributed by atoms with E-state index >= 15 is 0 Å². The molecule has 96 valence electrons. The van der Waals surface area contributed by atoms with E-state index in [0.717, 1.165) is 0 Å². The van der Waals surface area contributed by atoms with Crippen molar-refractivity contribution in [2.24, 2.45) is 16.6 Å². The molecule has 2 unspecified atom stereocenters. The molecule has 0 saturated heterocycles. The first-order valence-corrected chi connectivity index (χ1v) is 6.21. The van der Waals surface area contributed by atoms with Crippen molar-refractivity contribution in [3.8, 4) is 0 Å². The van der Waals surface area contributed by atoms with Crippen LogP contribution >= 0.6 is 12.6 Å². The molecule has 0 aromatic carbocycles. The summed E-state index contributed by atoms with van der Waals surface area (Å²) in [4.78, 5) is 11.8. The molecule has 4 heteroatoms. The van der Waals surface area contributed by atoms with Crippen LogP contribution in [-0.2, 0) is 9.53 Å². The second kappa shape index (κ2) is 5.41. The number of thiol groups is 1. The molecule has 0 spiro atoms. The molecule has 0 aliphatic carbocycles. The minimum absolute atomic E-state index is 0.106. The number of carbonyl (C=O) groups excluding carboxylic acids is 1. The molecule has 16 heavy (non-hydrogen) atoms. The fourth-order valence-corrected chi connectivity index (χ4v) is 1.40. The zero-order valence-corrected chi connectivity index (χ0v) is 12.1. The molecule has 2 atom stereocenters. The summed E-state index contributed by atoms with van der Waals surface area (Å²) in [6.45, 7) is 11.6. The summed E-state index contributed by atoms with van der Waals surface area (Å²) in [5, 5.41) is 0. The molecule has 0 radical (unpaired) electrons. The second-order valence-corrected chi connectivity index (χ2v) is 6.63. The maximum atomic E-state index is 11.8. The van der Waals surface area contributed by atoms with Gasteiger partial charge in [0.05, 0.1) is 5.41 Å². The van der Waals surface area contributed by atoms with E-state index in [-0.39, 0.29) is 23.5 Å². The molecule has 0 aliphatic heterocycles. The summed E-state index contributed by atoms with van der Waals surface area (Å²) in [5.41, 5.74) is 5.46. The van der Waals surface area contributed by atoms with Crippen LogP contribution < -0.4 is 5.73 Å². The van der Waals surface area contributed by atoms with Gasteiger partial charge in [-0.15, -0.1) is 0 Å². The third-order valence-electron chi connectivity index (χ3n) is 2.45. The van der Waals surface area contributed by atoms with Crippen LogP contribution in [0.4, 0.5) is 0 Å². The van der Waals surface area contributed by atoms with Crippen molar-refractivity contribution in [2.45, 2.75) is 53.7 Å². The summed E-state index contributed by atoms with van der Waals surface area (Å²) in [5.74, 6) is 0.214. The van der Waals surface area contributed by atoms with E-state index in [9.17, 15) is 4.79 Å². The molecule has 0 aromatic heterocycles. The van der Waals surface area contributed by atoms with Gasteiger partial charge in [-0.25, -0.2) is 0 Å². The molecule has 2 N–H and O–H groups in total. The standard InChI is InChI=1S/C12H25NO2S/c1-11(2,3)9(13)8(7-16)15-10(14)12(4,5)6/h8-9,16H,7,13H2,1-6H3. The van der Waals surface area contributed by atoms with Crippen LogP contribution in [0.15, 0.2) is 0 Å². The lowest BCUT2D eigenvalue weighted by Gasteiger charge is -2.34. The normalized spacial score (nSPS) is 16.8. The Morgan fingerprint density at radius 3 is 1.94 bits per heavy atom. The number of nitrogens with two attached hydrogens (primary N) is 1. The zero-order valence-electron chi connectivity index (χ0n) is 11.2. The van der Waals surface area contributed by atoms with Gasteiger partial charge in [0.2, 0.25) is 0 Å². The molecular formula is C12H25NO2S. The highest BCUT2D eigenvalue weighted by molar-refractivity contribution is 7.80. The van der Waals surface area contributed by atoms with Crippen molar-refractivity contribution in [1.29, 1.82) is 0 Å². The highest BCUT2D eigenvalue weighted by Crippen LogP contribution is 2.24. The number of hydrogen-bond donors (Lipinski definition) is 2. The van der Waals surface area contributed by atoms with Crippen LogP contribution in [-0.4, -0.2) is 23.9 Å². The summed E-state index contributed by atoms with van der Waals surface area (Å²) in [6, 6.07) is -0.212. The fraction of sp³-hybridized carbons (Fsp3) is 0.917. The van der Waals surface area contributed by atoms with E-state index < -0.39 is 5.41 Å². The Bertz CT molecular complexity index is 240. The molecule has 0 saturated carbocycles. The summed E-state index contributed by atoms with van der Waals surface area (Å²) >= 11 is 4.20. The minimum Gasteiger partial charge on any atom is -0.459 e. The predicted octanol–water partition coefficient (Wildman–Crippen LogP) is 2.25. The van der Waals surface area contributed by atoms with E-state index in [0.29, 0.717) is 5.75 Å². The molecule has 0 bridgehead atoms. The predicted molar refractivity (Wildman–Crippen MR) is 70.6 cm³/mol. The maximum Gasteiger partial charge on any atom is 0.311 e. The van der Waals surface area contributed by atoms with Crippen LogP contribution in [0.2, 0.25) is 0 Å². The van der Waals surface area contributed by atoms with Crippen LogP contribution in [0.5, 0.6) is 0 Å². The van der Waals surface area contributed by atoms with Gasteiger partial charge in [-0.3, -0.25) is 4.79 Å². The lowest BCUT2D eigenvalue weighted by Crippen LogP contribution is -2.49. The van der Waals surface area contributed by atoms with Gasteiger partial charge in [0.25, 0.3) is 0 Å². The Labute approximate surface area is 105 Å². The molecule has 0 amide bonds. The van der Waals surface area contributed by atoms with Crippen LogP contribution in [0.25, 0.3) is 0 Å². The maximum absolute atomic E-state index is 11.8. The highest BCUT2D eigenvalue weighted by Gasteiger charge is 2.33. The Kier molecular flexibility index (Phi) is 5.33. The minimum atomic E-state index is -0.501. The van der Waals surface area contributed by atoms with Crippen molar-refractivity contribution in [1.82, 2.24) is 0 Å². The monoisotopic (exact) mass is 247 g/mol. The van der Waals surface area contributed by atoms with Gasteiger partial charge in [-0.2, -0.15) is 12.6 Å². The number of rotatable bonds is 3. The SMILES string of the molecule is CC(C)(C)C(=O)OC(CS)C(N)C(C)(C)C. The highest BCUT2D eigenvalue weighted by atomic mass is 32.1. The lowest BCUT2D eigenvalue weighted by atomic mass is 9.84. The molecule has 0 aromatic rings. The van der Waals surface area contributed by atoms with Crippen molar-refractivity contribution in [2.75, 3.05) is 5.75 Å². The second-order valence-electron chi connectivity index (χ2n) is 6.27. The number of esters is 1. The van der Waals surface area contributed by atoms with Crippen molar-refractivity contribution in [3.63, 3.8) is 0 Å². The Morgan fingerprint density at radius 1 is 1.25 bits per heavy atom. The molecule has 0 fully saturated rings. The van der Waals surface area contributed by atoms with Gasteiger partial charge in [-0.1, -0.05) is 20.8 Å². The van der Waals surface area contributed by atoms with Crippen molar-refractivity contribution >= 4 is 18.6 Å². The number of hydrogen-bond acceptors (Lipinski definition) is 4. The fourth-order valence-electron chi connectivity index (χ4n) is 1.10. The Morgan fingerprint density at radius 2 is 1.69 bits per heavy atom.